The summed E-state index contributed by atoms with van der Waals surface area (Å²) in [5.74, 6) is -0.214. The van der Waals surface area contributed by atoms with Gasteiger partial charge in [0.25, 0.3) is 0 Å². The van der Waals surface area contributed by atoms with Crippen LogP contribution in [0.25, 0.3) is 0 Å². The number of amides is 3. The fraction of sp³-hybridized carbons (Fsp3) is 0.553. The summed E-state index contributed by atoms with van der Waals surface area (Å²) in [6, 6.07) is 13.3. The Kier molecular flexibility index (Phi) is 14.9. The van der Waals surface area contributed by atoms with Gasteiger partial charge in [-0.05, 0) is 80.0 Å². The van der Waals surface area contributed by atoms with Gasteiger partial charge < -0.3 is 37.9 Å². The van der Waals surface area contributed by atoms with Crippen LogP contribution in [0.4, 0.5) is 0 Å². The van der Waals surface area contributed by atoms with E-state index < -0.39 is 12.1 Å². The van der Waals surface area contributed by atoms with E-state index in [1.165, 1.54) is 0 Å². The number of hydrogen-bond donors (Lipinski definition) is 7. The van der Waals surface area contributed by atoms with Gasteiger partial charge in [-0.2, -0.15) is 0 Å². The number of benzene rings is 2. The van der Waals surface area contributed by atoms with E-state index in [0.29, 0.717) is 31.4 Å². The second kappa shape index (κ2) is 19.5. The maximum Gasteiger partial charge on any atom is 0.243 e. The fourth-order valence-electron chi connectivity index (χ4n) is 7.30. The highest BCUT2D eigenvalue weighted by Gasteiger charge is 2.37. The largest absolute Gasteiger partial charge is 0.497 e. The molecule has 2 saturated carbocycles. The molecule has 0 heterocycles. The summed E-state index contributed by atoms with van der Waals surface area (Å²) in [5.41, 5.74) is 19.2. The van der Waals surface area contributed by atoms with Crippen LogP contribution in [0.1, 0.15) is 93.7 Å². The first-order chi connectivity index (χ1) is 24.1. The van der Waals surface area contributed by atoms with Crippen LogP contribution in [-0.2, 0) is 27.3 Å². The van der Waals surface area contributed by atoms with Gasteiger partial charge in [0.05, 0.1) is 7.11 Å². The second-order valence-corrected chi connectivity index (χ2v) is 13.8. The molecule has 2 fully saturated rings. The highest BCUT2D eigenvalue weighted by molar-refractivity contribution is 5.95. The molecule has 50 heavy (non-hydrogen) atoms. The predicted octanol–water partition coefficient (Wildman–Crippen LogP) is 3.64. The number of nitrogen functional groups attached to an aromatic ring is 1. The lowest BCUT2D eigenvalue weighted by Crippen LogP contribution is -2.57. The molecular formula is C38H56N8O4. The number of carbonyl (C=O) groups excluding carboxylic acids is 3. The molecule has 4 rings (SSSR count). The number of nitrogens with one attached hydrogen (secondary N) is 4. The molecule has 0 saturated heterocycles. The number of carbonyl (C=O) groups is 3. The molecule has 2 unspecified atom stereocenters. The van der Waals surface area contributed by atoms with Crippen molar-refractivity contribution in [3.63, 3.8) is 0 Å². The molecule has 2 aliphatic rings. The molecule has 3 atom stereocenters. The standard InChI is InChI=1S/C38H56N8O4/c1-50-30-20-16-26(17-21-30)24-44-36(48)32(13-8-22-43-38(41)42)45-37(49)33(28-11-6-3-7-12-28)46-35(47)31(27-9-4-2-5-10-27)23-25-14-18-29(19-15-25)34(39)40/h14-21,27-28,31-33H,2-13,22-24H2,1H3,(H3,39,40)(H,44,48)(H,45,49)(H,46,47)(H4,41,42,43)/t31?,32-,33?/m0/s1. The van der Waals surface area contributed by atoms with E-state index in [-0.39, 0.29) is 53.8 Å². The molecule has 0 radical (unpaired) electrons. The molecule has 2 aliphatic carbocycles. The minimum atomic E-state index is -0.841. The monoisotopic (exact) mass is 688 g/mol. The van der Waals surface area contributed by atoms with Crippen molar-refractivity contribution in [1.29, 1.82) is 5.41 Å². The van der Waals surface area contributed by atoms with Crippen molar-refractivity contribution in [3.05, 3.63) is 65.2 Å². The van der Waals surface area contributed by atoms with Crippen LogP contribution in [0.15, 0.2) is 53.5 Å². The molecule has 10 N–H and O–H groups in total. The van der Waals surface area contributed by atoms with Crippen molar-refractivity contribution in [2.45, 2.75) is 102 Å². The first kappa shape index (κ1) is 38.2. The van der Waals surface area contributed by atoms with Crippen molar-refractivity contribution in [3.8, 4) is 5.75 Å². The highest BCUT2D eigenvalue weighted by atomic mass is 16.5. The van der Waals surface area contributed by atoms with Gasteiger partial charge >= 0.3 is 0 Å². The van der Waals surface area contributed by atoms with Crippen LogP contribution < -0.4 is 37.9 Å². The maximum absolute atomic E-state index is 14.3. The lowest BCUT2D eigenvalue weighted by atomic mass is 9.76. The summed E-state index contributed by atoms with van der Waals surface area (Å²) >= 11 is 0. The van der Waals surface area contributed by atoms with Crippen LogP contribution in [-0.4, -0.2) is 55.3 Å². The van der Waals surface area contributed by atoms with Crippen molar-refractivity contribution in [1.82, 2.24) is 16.0 Å². The van der Waals surface area contributed by atoms with Crippen molar-refractivity contribution in [2.24, 2.45) is 39.9 Å². The van der Waals surface area contributed by atoms with Crippen LogP contribution in [0, 0.1) is 23.2 Å². The lowest BCUT2D eigenvalue weighted by molar-refractivity contribution is -0.135. The number of amidine groups is 1. The van der Waals surface area contributed by atoms with E-state index in [9.17, 15) is 14.4 Å². The summed E-state index contributed by atoms with van der Waals surface area (Å²) in [6.45, 7) is 0.599. The molecular weight excluding hydrogens is 632 g/mol. The molecule has 0 aliphatic heterocycles. The predicted molar refractivity (Wildman–Crippen MR) is 196 cm³/mol. The minimum Gasteiger partial charge on any atom is -0.497 e. The topological polar surface area (TPSA) is 211 Å². The van der Waals surface area contributed by atoms with E-state index in [1.54, 1.807) is 7.11 Å². The number of nitrogens with zero attached hydrogens (tertiary/aromatic N) is 1. The Morgan fingerprint density at radius 2 is 1.40 bits per heavy atom. The number of rotatable bonds is 17. The summed E-state index contributed by atoms with van der Waals surface area (Å²) in [7, 11) is 1.60. The number of aliphatic imine (C=N–C) groups is 1. The van der Waals surface area contributed by atoms with Gasteiger partial charge in [0.1, 0.15) is 23.7 Å². The van der Waals surface area contributed by atoms with Crippen LogP contribution in [0.5, 0.6) is 5.75 Å². The molecule has 0 aromatic heterocycles. The van der Waals surface area contributed by atoms with Crippen LogP contribution in [0.3, 0.4) is 0 Å². The zero-order valence-electron chi connectivity index (χ0n) is 29.4. The van der Waals surface area contributed by atoms with Gasteiger partial charge in [-0.25, -0.2) is 0 Å². The van der Waals surface area contributed by atoms with E-state index in [2.05, 4.69) is 20.9 Å². The second-order valence-electron chi connectivity index (χ2n) is 13.8. The van der Waals surface area contributed by atoms with Crippen molar-refractivity contribution < 1.29 is 19.1 Å². The summed E-state index contributed by atoms with van der Waals surface area (Å²) in [5, 5.41) is 16.9. The first-order valence-corrected chi connectivity index (χ1v) is 18.1. The summed E-state index contributed by atoms with van der Waals surface area (Å²) in [6.07, 6.45) is 11.3. The SMILES string of the molecule is COc1ccc(CNC(=O)[C@H](CCCN=C(N)N)NC(=O)C(NC(=O)C(Cc2ccc(C(=N)N)cc2)C2CCCCC2)C2CCCCC2)cc1. The molecule has 0 bridgehead atoms. The maximum atomic E-state index is 14.3. The Morgan fingerprint density at radius 1 is 0.800 bits per heavy atom. The van der Waals surface area contributed by atoms with Gasteiger partial charge in [0.15, 0.2) is 5.96 Å². The van der Waals surface area contributed by atoms with Gasteiger partial charge in [0.2, 0.25) is 17.7 Å². The van der Waals surface area contributed by atoms with E-state index in [4.69, 9.17) is 27.3 Å². The highest BCUT2D eigenvalue weighted by Crippen LogP contribution is 2.33. The molecule has 0 spiro atoms. The Bertz CT molecular complexity index is 1430. The minimum absolute atomic E-state index is 0.00316. The average molecular weight is 689 g/mol. The number of nitrogens with two attached hydrogens (primary N) is 3. The van der Waals surface area contributed by atoms with Crippen LogP contribution >= 0.6 is 0 Å². The fourth-order valence-corrected chi connectivity index (χ4v) is 7.30. The Morgan fingerprint density at radius 3 is 1.98 bits per heavy atom. The Hall–Kier alpha value is -4.61. The van der Waals surface area contributed by atoms with E-state index in [1.807, 2.05) is 48.5 Å². The summed E-state index contributed by atoms with van der Waals surface area (Å²) < 4.78 is 5.23. The van der Waals surface area contributed by atoms with Crippen molar-refractivity contribution in [2.75, 3.05) is 13.7 Å². The van der Waals surface area contributed by atoms with Gasteiger partial charge in [-0.1, -0.05) is 74.9 Å². The quantitative estimate of drug-likeness (QED) is 0.0744. The first-order valence-electron chi connectivity index (χ1n) is 18.1. The molecule has 12 heteroatoms. The van der Waals surface area contributed by atoms with Crippen LogP contribution in [0.2, 0.25) is 0 Å². The number of hydrogen-bond acceptors (Lipinski definition) is 6. The molecule has 2 aromatic carbocycles. The van der Waals surface area contributed by atoms with Gasteiger partial charge in [-0.15, -0.1) is 0 Å². The molecule has 3 amide bonds. The van der Waals surface area contributed by atoms with Crippen molar-refractivity contribution >= 4 is 29.5 Å². The van der Waals surface area contributed by atoms with Gasteiger partial charge in [-0.3, -0.25) is 24.8 Å². The number of methoxy groups -OCH3 is 1. The Balaban J connectivity index is 1.52. The summed E-state index contributed by atoms with van der Waals surface area (Å²) in [4.78, 5) is 46.1. The normalized spacial score (nSPS) is 17.1. The zero-order chi connectivity index (χ0) is 35.9. The van der Waals surface area contributed by atoms with E-state index in [0.717, 1.165) is 81.1 Å². The lowest BCUT2D eigenvalue weighted by Gasteiger charge is -2.34. The third-order valence-electron chi connectivity index (χ3n) is 10.2. The number of ether oxygens (including phenoxy) is 1. The third kappa shape index (κ3) is 11.8. The molecule has 2 aromatic rings. The third-order valence-corrected chi connectivity index (χ3v) is 10.2. The Labute approximate surface area is 296 Å². The van der Waals surface area contributed by atoms with E-state index >= 15 is 0 Å². The molecule has 272 valence electrons. The smallest absolute Gasteiger partial charge is 0.243 e. The van der Waals surface area contributed by atoms with Gasteiger partial charge in [0, 0.05) is 24.6 Å². The number of guanidine groups is 1. The zero-order valence-corrected chi connectivity index (χ0v) is 29.4. The molecule has 12 nitrogen and oxygen atoms in total. The average Bonchev–Trinajstić information content (AvgIpc) is 3.13.